The van der Waals surface area contributed by atoms with Crippen LogP contribution in [-0.4, -0.2) is 0 Å². The van der Waals surface area contributed by atoms with Gasteiger partial charge >= 0.3 is 0 Å². The van der Waals surface area contributed by atoms with Gasteiger partial charge in [0.25, 0.3) is 0 Å². The maximum absolute atomic E-state index is 3.82. The smallest absolute Gasteiger partial charge is 0.0437 e. The van der Waals surface area contributed by atoms with Crippen LogP contribution >= 0.6 is 27.3 Å². The van der Waals surface area contributed by atoms with E-state index >= 15 is 0 Å². The molecule has 0 aromatic carbocycles. The van der Waals surface area contributed by atoms with Gasteiger partial charge in [0, 0.05) is 14.6 Å². The molecule has 2 heteroatoms. The number of alkyl halides is 1. The first-order valence-electron chi connectivity index (χ1n) is 4.80. The Morgan fingerprint density at radius 1 is 1.54 bits per heavy atom. The Hall–Kier alpha value is 0.180. The molecule has 1 aromatic heterocycles. The normalized spacial score (nSPS) is 28.9. The van der Waals surface area contributed by atoms with Crippen molar-refractivity contribution in [3.8, 4) is 0 Å². The van der Waals surface area contributed by atoms with Crippen molar-refractivity contribution in [3.63, 3.8) is 0 Å². The molecule has 0 amide bonds. The highest BCUT2D eigenvalue weighted by molar-refractivity contribution is 9.09. The summed E-state index contributed by atoms with van der Waals surface area (Å²) < 4.78 is 0. The summed E-state index contributed by atoms with van der Waals surface area (Å²) in [4.78, 5) is 3.52. The summed E-state index contributed by atoms with van der Waals surface area (Å²) in [7, 11) is 0. The van der Waals surface area contributed by atoms with Crippen LogP contribution in [0.4, 0.5) is 0 Å². The van der Waals surface area contributed by atoms with Crippen LogP contribution in [0.5, 0.6) is 0 Å². The van der Waals surface area contributed by atoms with Crippen LogP contribution in [0.3, 0.4) is 0 Å². The maximum atomic E-state index is 3.82. The van der Waals surface area contributed by atoms with E-state index < -0.39 is 0 Å². The van der Waals surface area contributed by atoms with Gasteiger partial charge in [0.05, 0.1) is 0 Å². The zero-order chi connectivity index (χ0) is 9.59. The van der Waals surface area contributed by atoms with Crippen LogP contribution in [-0.2, 0) is 0 Å². The average Bonchev–Trinajstić information content (AvgIpc) is 2.67. The van der Waals surface area contributed by atoms with E-state index in [1.807, 2.05) is 11.3 Å². The maximum Gasteiger partial charge on any atom is 0.0437 e. The van der Waals surface area contributed by atoms with Crippen molar-refractivity contribution < 1.29 is 0 Å². The summed E-state index contributed by atoms with van der Waals surface area (Å²) in [5.74, 6) is 1.80. The SMILES string of the molecule is Cc1cc(C(Br)C2CC2C)c(C)s1. The van der Waals surface area contributed by atoms with Gasteiger partial charge in [0.1, 0.15) is 0 Å². The molecule has 3 unspecified atom stereocenters. The van der Waals surface area contributed by atoms with Crippen LogP contribution in [0.15, 0.2) is 6.07 Å². The second-order valence-corrected chi connectivity index (χ2v) is 6.59. The van der Waals surface area contributed by atoms with Gasteiger partial charge in [-0.3, -0.25) is 0 Å². The summed E-state index contributed by atoms with van der Waals surface area (Å²) in [5, 5.41) is 0. The van der Waals surface area contributed by atoms with Crippen molar-refractivity contribution >= 4 is 27.3 Å². The molecule has 1 fully saturated rings. The lowest BCUT2D eigenvalue weighted by atomic mass is 10.1. The van der Waals surface area contributed by atoms with Gasteiger partial charge in [-0.1, -0.05) is 22.9 Å². The highest BCUT2D eigenvalue weighted by atomic mass is 79.9. The molecule has 72 valence electrons. The third-order valence-corrected chi connectivity index (χ3v) is 5.08. The summed E-state index contributed by atoms with van der Waals surface area (Å²) in [6.07, 6.45) is 1.39. The zero-order valence-electron chi connectivity index (χ0n) is 8.30. The molecule has 0 bridgehead atoms. The molecule has 0 radical (unpaired) electrons. The lowest BCUT2D eigenvalue weighted by Gasteiger charge is -2.07. The van der Waals surface area contributed by atoms with Crippen LogP contribution in [0.1, 0.15) is 33.5 Å². The number of hydrogen-bond acceptors (Lipinski definition) is 1. The van der Waals surface area contributed by atoms with Gasteiger partial charge in [-0.05, 0) is 43.7 Å². The standard InChI is InChI=1S/C11H15BrS/c1-6-4-9(6)11(12)10-5-7(2)13-8(10)3/h5-6,9,11H,4H2,1-3H3. The molecular formula is C11H15BrS. The van der Waals surface area contributed by atoms with Crippen molar-refractivity contribution in [1.82, 2.24) is 0 Å². The fourth-order valence-electron chi connectivity index (χ4n) is 1.91. The van der Waals surface area contributed by atoms with Crippen LogP contribution in [0.25, 0.3) is 0 Å². The highest BCUT2D eigenvalue weighted by Crippen LogP contribution is 2.52. The van der Waals surface area contributed by atoms with Gasteiger partial charge in [-0.25, -0.2) is 0 Å². The Morgan fingerprint density at radius 2 is 2.15 bits per heavy atom. The van der Waals surface area contributed by atoms with Crippen LogP contribution < -0.4 is 0 Å². The largest absolute Gasteiger partial charge is 0.146 e. The molecule has 0 saturated heterocycles. The zero-order valence-corrected chi connectivity index (χ0v) is 10.7. The molecular weight excluding hydrogens is 244 g/mol. The van der Waals surface area contributed by atoms with Crippen molar-refractivity contribution in [2.75, 3.05) is 0 Å². The first-order chi connectivity index (χ1) is 6.09. The minimum absolute atomic E-state index is 0.604. The van der Waals surface area contributed by atoms with Gasteiger partial charge < -0.3 is 0 Å². The van der Waals surface area contributed by atoms with Crippen LogP contribution in [0.2, 0.25) is 0 Å². The lowest BCUT2D eigenvalue weighted by molar-refractivity contribution is 0.739. The molecule has 0 spiro atoms. The van der Waals surface area contributed by atoms with Gasteiger partial charge in [-0.15, -0.1) is 11.3 Å². The molecule has 1 saturated carbocycles. The molecule has 1 heterocycles. The fourth-order valence-corrected chi connectivity index (χ4v) is 4.25. The third kappa shape index (κ3) is 1.84. The van der Waals surface area contributed by atoms with Crippen molar-refractivity contribution in [1.29, 1.82) is 0 Å². The Balaban J connectivity index is 2.19. The van der Waals surface area contributed by atoms with Gasteiger partial charge in [0.2, 0.25) is 0 Å². The number of aryl methyl sites for hydroxylation is 2. The molecule has 1 aliphatic rings. The Morgan fingerprint density at radius 3 is 2.54 bits per heavy atom. The molecule has 0 nitrogen and oxygen atoms in total. The van der Waals surface area contributed by atoms with E-state index in [9.17, 15) is 0 Å². The lowest BCUT2D eigenvalue weighted by Crippen LogP contribution is -1.93. The second kappa shape index (κ2) is 3.39. The molecule has 0 aliphatic heterocycles. The average molecular weight is 259 g/mol. The Labute approximate surface area is 92.5 Å². The van der Waals surface area contributed by atoms with E-state index in [4.69, 9.17) is 0 Å². The van der Waals surface area contributed by atoms with E-state index in [2.05, 4.69) is 42.8 Å². The molecule has 1 aromatic rings. The van der Waals surface area contributed by atoms with Gasteiger partial charge in [0.15, 0.2) is 0 Å². The Kier molecular flexibility index (Phi) is 2.54. The molecule has 0 N–H and O–H groups in total. The van der Waals surface area contributed by atoms with Crippen molar-refractivity contribution in [2.24, 2.45) is 11.8 Å². The Bertz CT molecular complexity index is 316. The number of halogens is 1. The number of thiophene rings is 1. The van der Waals surface area contributed by atoms with Crippen LogP contribution in [0, 0.1) is 25.7 Å². The van der Waals surface area contributed by atoms with E-state index in [1.165, 1.54) is 21.7 Å². The topological polar surface area (TPSA) is 0 Å². The number of hydrogen-bond donors (Lipinski definition) is 0. The minimum Gasteiger partial charge on any atom is -0.146 e. The first kappa shape index (κ1) is 9.72. The van der Waals surface area contributed by atoms with E-state index in [-0.39, 0.29) is 0 Å². The summed E-state index contributed by atoms with van der Waals surface area (Å²) in [5.41, 5.74) is 1.52. The number of rotatable bonds is 2. The molecule has 13 heavy (non-hydrogen) atoms. The third-order valence-electron chi connectivity index (χ3n) is 2.92. The fraction of sp³-hybridized carbons (Fsp3) is 0.636. The van der Waals surface area contributed by atoms with E-state index in [0.29, 0.717) is 4.83 Å². The van der Waals surface area contributed by atoms with Crippen molar-refractivity contribution in [3.05, 3.63) is 21.4 Å². The summed E-state index contributed by atoms with van der Waals surface area (Å²) in [6.45, 7) is 6.76. The first-order valence-corrected chi connectivity index (χ1v) is 6.54. The highest BCUT2D eigenvalue weighted by Gasteiger charge is 2.39. The minimum atomic E-state index is 0.604. The van der Waals surface area contributed by atoms with Crippen molar-refractivity contribution in [2.45, 2.75) is 32.0 Å². The van der Waals surface area contributed by atoms with E-state index in [0.717, 1.165) is 11.8 Å². The summed E-state index contributed by atoms with van der Waals surface area (Å²) >= 11 is 5.74. The molecule has 1 aliphatic carbocycles. The second-order valence-electron chi connectivity index (χ2n) is 4.15. The molecule has 3 atom stereocenters. The molecule has 2 rings (SSSR count). The summed E-state index contributed by atoms with van der Waals surface area (Å²) in [6, 6.07) is 2.34. The predicted octanol–water partition coefficient (Wildman–Crippen LogP) is 4.46. The monoisotopic (exact) mass is 258 g/mol. The predicted molar refractivity (Wildman–Crippen MR) is 62.7 cm³/mol. The van der Waals surface area contributed by atoms with E-state index in [1.54, 1.807) is 0 Å². The van der Waals surface area contributed by atoms with Gasteiger partial charge in [-0.2, -0.15) is 0 Å². The quantitative estimate of drug-likeness (QED) is 0.688.